The molecule has 0 saturated carbocycles. The third-order valence-electron chi connectivity index (χ3n) is 2.88. The molecule has 1 unspecified atom stereocenters. The minimum absolute atomic E-state index is 0.0828. The van der Waals surface area contributed by atoms with Crippen LogP contribution in [0.15, 0.2) is 24.3 Å². The van der Waals surface area contributed by atoms with Gasteiger partial charge in [0.15, 0.2) is 0 Å². The fraction of sp³-hybridized carbons (Fsp3) is 0.500. The van der Waals surface area contributed by atoms with Gasteiger partial charge in [-0.15, -0.1) is 0 Å². The van der Waals surface area contributed by atoms with Gasteiger partial charge in [-0.25, -0.2) is 0 Å². The Labute approximate surface area is 108 Å². The summed E-state index contributed by atoms with van der Waals surface area (Å²) in [6.07, 6.45) is 0.776. The van der Waals surface area contributed by atoms with Crippen LogP contribution in [0.25, 0.3) is 0 Å². The van der Waals surface area contributed by atoms with Gasteiger partial charge in [-0.1, -0.05) is 19.1 Å². The van der Waals surface area contributed by atoms with E-state index in [-0.39, 0.29) is 11.9 Å². The van der Waals surface area contributed by atoms with Crippen molar-refractivity contribution >= 4 is 5.97 Å². The first-order valence-corrected chi connectivity index (χ1v) is 6.12. The first-order valence-electron chi connectivity index (χ1n) is 6.12. The van der Waals surface area contributed by atoms with E-state index in [1.165, 1.54) is 7.11 Å². The summed E-state index contributed by atoms with van der Waals surface area (Å²) in [6, 6.07) is 7.86. The predicted molar refractivity (Wildman–Crippen MR) is 70.5 cm³/mol. The lowest BCUT2D eigenvalue weighted by atomic mass is 10.1. The number of ether oxygens (including phenoxy) is 2. The summed E-state index contributed by atoms with van der Waals surface area (Å²) in [6.45, 7) is 3.32. The molecule has 18 heavy (non-hydrogen) atoms. The molecule has 0 aromatic heterocycles. The number of hydrogen-bond acceptors (Lipinski definition) is 4. The molecule has 100 valence electrons. The lowest BCUT2D eigenvalue weighted by Crippen LogP contribution is -2.28. The van der Waals surface area contributed by atoms with Crippen LogP contribution in [-0.4, -0.2) is 26.7 Å². The van der Waals surface area contributed by atoms with Gasteiger partial charge in [-0.3, -0.25) is 4.79 Å². The van der Waals surface area contributed by atoms with Crippen molar-refractivity contribution in [2.45, 2.75) is 19.9 Å². The number of rotatable bonds is 7. The lowest BCUT2D eigenvalue weighted by molar-refractivity contribution is -0.145. The Morgan fingerprint density at radius 2 is 2.17 bits per heavy atom. The number of nitrogens with one attached hydrogen (secondary N) is 1. The van der Waals surface area contributed by atoms with E-state index in [4.69, 9.17) is 9.47 Å². The van der Waals surface area contributed by atoms with Gasteiger partial charge >= 0.3 is 5.97 Å². The summed E-state index contributed by atoms with van der Waals surface area (Å²) in [5, 5.41) is 3.26. The van der Waals surface area contributed by atoms with Crippen molar-refractivity contribution in [3.63, 3.8) is 0 Å². The molecule has 0 heterocycles. The van der Waals surface area contributed by atoms with Crippen LogP contribution in [0.4, 0.5) is 0 Å². The summed E-state index contributed by atoms with van der Waals surface area (Å²) in [5.74, 6) is 0.602. The van der Waals surface area contributed by atoms with E-state index < -0.39 is 0 Å². The zero-order valence-corrected chi connectivity index (χ0v) is 11.2. The Kier molecular flexibility index (Phi) is 6.22. The molecule has 1 rings (SSSR count). The quantitative estimate of drug-likeness (QED) is 0.753. The maximum Gasteiger partial charge on any atom is 0.309 e. The Morgan fingerprint density at radius 1 is 1.39 bits per heavy atom. The molecule has 0 bridgehead atoms. The molecule has 0 saturated heterocycles. The van der Waals surface area contributed by atoms with Crippen molar-refractivity contribution in [2.75, 3.05) is 20.8 Å². The maximum absolute atomic E-state index is 11.4. The minimum Gasteiger partial charge on any atom is -0.497 e. The molecule has 0 aliphatic rings. The molecule has 0 aliphatic heterocycles. The third kappa shape index (κ3) is 4.37. The van der Waals surface area contributed by atoms with Gasteiger partial charge in [-0.2, -0.15) is 0 Å². The van der Waals surface area contributed by atoms with Crippen LogP contribution in [0.1, 0.15) is 18.9 Å². The molecule has 0 fully saturated rings. The van der Waals surface area contributed by atoms with Crippen molar-refractivity contribution in [1.82, 2.24) is 5.32 Å². The molecule has 4 nitrogen and oxygen atoms in total. The summed E-state index contributed by atoms with van der Waals surface area (Å²) in [4.78, 5) is 11.4. The fourth-order valence-electron chi connectivity index (χ4n) is 1.73. The van der Waals surface area contributed by atoms with E-state index >= 15 is 0 Å². The zero-order chi connectivity index (χ0) is 13.4. The van der Waals surface area contributed by atoms with Crippen molar-refractivity contribution in [3.8, 4) is 5.75 Å². The number of esters is 1. The first kappa shape index (κ1) is 14.5. The highest BCUT2D eigenvalue weighted by Crippen LogP contribution is 2.12. The second kappa shape index (κ2) is 7.71. The average Bonchev–Trinajstić information content (AvgIpc) is 2.43. The smallest absolute Gasteiger partial charge is 0.309 e. The van der Waals surface area contributed by atoms with E-state index in [1.54, 1.807) is 7.11 Å². The number of benzene rings is 1. The number of methoxy groups -OCH3 is 2. The first-order chi connectivity index (χ1) is 8.71. The molecule has 1 N–H and O–H groups in total. The molecule has 0 radical (unpaired) electrons. The van der Waals surface area contributed by atoms with Crippen LogP contribution in [0.3, 0.4) is 0 Å². The van der Waals surface area contributed by atoms with Gasteiger partial charge in [0.05, 0.1) is 20.1 Å². The van der Waals surface area contributed by atoms with E-state index in [9.17, 15) is 4.79 Å². The molecule has 4 heteroatoms. The van der Waals surface area contributed by atoms with Crippen LogP contribution in [0, 0.1) is 5.92 Å². The largest absolute Gasteiger partial charge is 0.497 e. The van der Waals surface area contributed by atoms with E-state index in [1.807, 2.05) is 31.2 Å². The molecule has 1 aromatic rings. The van der Waals surface area contributed by atoms with Gasteiger partial charge in [0.1, 0.15) is 5.75 Å². The van der Waals surface area contributed by atoms with Crippen LogP contribution in [0.2, 0.25) is 0 Å². The summed E-state index contributed by atoms with van der Waals surface area (Å²) in [7, 11) is 3.07. The van der Waals surface area contributed by atoms with Gasteiger partial charge in [0.2, 0.25) is 0 Å². The van der Waals surface area contributed by atoms with E-state index in [2.05, 4.69) is 5.32 Å². The standard InChI is InChI=1S/C14H21NO3/c1-4-12(14(16)18-3)10-15-9-11-6-5-7-13(8-11)17-2/h5-8,12,15H,4,9-10H2,1-3H3. The van der Waals surface area contributed by atoms with Gasteiger partial charge in [0, 0.05) is 13.1 Å². The third-order valence-corrected chi connectivity index (χ3v) is 2.88. The second-order valence-corrected chi connectivity index (χ2v) is 4.11. The Morgan fingerprint density at radius 3 is 2.78 bits per heavy atom. The van der Waals surface area contributed by atoms with Crippen molar-refractivity contribution in [3.05, 3.63) is 29.8 Å². The molecule has 0 aliphatic carbocycles. The van der Waals surface area contributed by atoms with Crippen LogP contribution in [0.5, 0.6) is 5.75 Å². The summed E-state index contributed by atoms with van der Waals surface area (Å²) < 4.78 is 9.90. The van der Waals surface area contributed by atoms with Crippen LogP contribution in [-0.2, 0) is 16.1 Å². The summed E-state index contributed by atoms with van der Waals surface area (Å²) >= 11 is 0. The molecular formula is C14H21NO3. The maximum atomic E-state index is 11.4. The number of carbonyl (C=O) groups is 1. The average molecular weight is 251 g/mol. The minimum atomic E-state index is -0.157. The Bertz CT molecular complexity index is 379. The fourth-order valence-corrected chi connectivity index (χ4v) is 1.73. The SMILES string of the molecule is CCC(CNCc1cccc(OC)c1)C(=O)OC. The highest BCUT2D eigenvalue weighted by atomic mass is 16.5. The van der Waals surface area contributed by atoms with Gasteiger partial charge in [-0.05, 0) is 24.1 Å². The normalized spacial score (nSPS) is 11.9. The number of hydrogen-bond donors (Lipinski definition) is 1. The van der Waals surface area contributed by atoms with Gasteiger partial charge in [0.25, 0.3) is 0 Å². The van der Waals surface area contributed by atoms with Crippen molar-refractivity contribution < 1.29 is 14.3 Å². The van der Waals surface area contributed by atoms with Crippen LogP contribution < -0.4 is 10.1 Å². The second-order valence-electron chi connectivity index (χ2n) is 4.11. The zero-order valence-electron chi connectivity index (χ0n) is 11.2. The topological polar surface area (TPSA) is 47.6 Å². The van der Waals surface area contributed by atoms with Crippen molar-refractivity contribution in [2.24, 2.45) is 5.92 Å². The molecule has 1 atom stereocenters. The highest BCUT2D eigenvalue weighted by molar-refractivity contribution is 5.72. The monoisotopic (exact) mass is 251 g/mol. The Hall–Kier alpha value is -1.55. The molecule has 0 spiro atoms. The van der Waals surface area contributed by atoms with Crippen LogP contribution >= 0.6 is 0 Å². The lowest BCUT2D eigenvalue weighted by Gasteiger charge is -2.13. The molecular weight excluding hydrogens is 230 g/mol. The van der Waals surface area contributed by atoms with E-state index in [0.717, 1.165) is 17.7 Å². The molecule has 0 amide bonds. The molecule has 1 aromatic carbocycles. The highest BCUT2D eigenvalue weighted by Gasteiger charge is 2.15. The Balaban J connectivity index is 2.42. The van der Waals surface area contributed by atoms with Crippen molar-refractivity contribution in [1.29, 1.82) is 0 Å². The summed E-state index contributed by atoms with van der Waals surface area (Å²) in [5.41, 5.74) is 1.13. The predicted octanol–water partition coefficient (Wildman–Crippen LogP) is 1.98. The van der Waals surface area contributed by atoms with E-state index in [0.29, 0.717) is 13.1 Å². The number of carbonyl (C=O) groups excluding carboxylic acids is 1. The van der Waals surface area contributed by atoms with Gasteiger partial charge < -0.3 is 14.8 Å².